The van der Waals surface area contributed by atoms with Crippen molar-refractivity contribution < 1.29 is 10.2 Å². The van der Waals surface area contributed by atoms with Crippen molar-refractivity contribution in [2.75, 3.05) is 17.2 Å². The Kier molecular flexibility index (Phi) is 7.13. The number of benzene rings is 1. The largest absolute Gasteiger partial charge is 0.396 e. The lowest BCUT2D eigenvalue weighted by atomic mass is 9.96. The highest BCUT2D eigenvalue weighted by molar-refractivity contribution is 7.21. The molecule has 7 nitrogen and oxygen atoms in total. The summed E-state index contributed by atoms with van der Waals surface area (Å²) in [5.74, 6) is 1.05. The van der Waals surface area contributed by atoms with Crippen molar-refractivity contribution in [1.82, 2.24) is 15.0 Å². The van der Waals surface area contributed by atoms with Gasteiger partial charge in [-0.05, 0) is 60.1 Å². The Morgan fingerprint density at radius 1 is 1.10 bits per heavy atom. The number of hydrogen-bond donors (Lipinski definition) is 4. The first-order valence-electron chi connectivity index (χ1n) is 10.7. The van der Waals surface area contributed by atoms with E-state index in [4.69, 9.17) is 15.0 Å². The number of aromatic nitrogens is 3. The Morgan fingerprint density at radius 3 is 2.42 bits per heavy atom. The van der Waals surface area contributed by atoms with Crippen LogP contribution < -0.4 is 10.6 Å². The summed E-state index contributed by atoms with van der Waals surface area (Å²) < 4.78 is 1.11. The van der Waals surface area contributed by atoms with Gasteiger partial charge in [-0.3, -0.25) is 0 Å². The van der Waals surface area contributed by atoms with Crippen LogP contribution in [-0.2, 0) is 0 Å². The first-order chi connectivity index (χ1) is 14.6. The van der Waals surface area contributed by atoms with E-state index < -0.39 is 6.10 Å². The molecule has 31 heavy (non-hydrogen) atoms. The molecule has 168 valence electrons. The molecular formula is C23H33N5O2S. The molecule has 3 atom stereocenters. The fourth-order valence-electron chi connectivity index (χ4n) is 3.47. The summed E-state index contributed by atoms with van der Waals surface area (Å²) in [6.07, 6.45) is 0.0293. The average Bonchev–Trinajstić information content (AvgIpc) is 3.07. The van der Waals surface area contributed by atoms with E-state index in [1.807, 2.05) is 32.0 Å². The number of thiazole rings is 1. The van der Waals surface area contributed by atoms with Gasteiger partial charge in [-0.2, -0.15) is 4.98 Å². The van der Waals surface area contributed by atoms with Gasteiger partial charge < -0.3 is 20.8 Å². The smallest absolute Gasteiger partial charge is 0.225 e. The lowest BCUT2D eigenvalue weighted by Gasteiger charge is -2.25. The third-order valence-corrected chi connectivity index (χ3v) is 6.09. The topological polar surface area (TPSA) is 103 Å². The van der Waals surface area contributed by atoms with Gasteiger partial charge in [0.05, 0.1) is 27.6 Å². The maximum Gasteiger partial charge on any atom is 0.225 e. The number of para-hydroxylation sites is 1. The minimum Gasteiger partial charge on any atom is -0.396 e. The van der Waals surface area contributed by atoms with E-state index in [1.165, 1.54) is 0 Å². The number of rotatable bonds is 8. The Balaban J connectivity index is 2.02. The normalized spacial score (nSPS) is 15.0. The zero-order chi connectivity index (χ0) is 22.8. The van der Waals surface area contributed by atoms with Crippen LogP contribution >= 0.6 is 11.3 Å². The standard InChI is InChI=1S/C23H33N5O2S/c1-13(11-16(12-29)15(3)30)24-20-19(14(2)25-22(27-20)28-23(4,5)6)21-26-17-9-7-8-10-18(17)31-21/h7-10,13,15-16,29-30H,11-12H2,1-6H3,(H2,24,25,27,28)/t13?,15-,16+/m0/s1. The van der Waals surface area contributed by atoms with Crippen molar-refractivity contribution in [3.8, 4) is 10.6 Å². The molecule has 0 aliphatic heterocycles. The van der Waals surface area contributed by atoms with Gasteiger partial charge in [0.2, 0.25) is 5.95 Å². The molecule has 3 rings (SSSR count). The molecule has 0 saturated heterocycles. The maximum atomic E-state index is 9.92. The van der Waals surface area contributed by atoms with Crippen LogP contribution in [0.2, 0.25) is 0 Å². The van der Waals surface area contributed by atoms with Gasteiger partial charge in [0, 0.05) is 24.1 Å². The molecule has 2 heterocycles. The van der Waals surface area contributed by atoms with Crippen molar-refractivity contribution in [2.45, 2.75) is 65.6 Å². The van der Waals surface area contributed by atoms with Crippen molar-refractivity contribution in [3.63, 3.8) is 0 Å². The van der Waals surface area contributed by atoms with Gasteiger partial charge in [0.1, 0.15) is 10.8 Å². The summed E-state index contributed by atoms with van der Waals surface area (Å²) >= 11 is 1.62. The molecule has 1 aromatic carbocycles. The predicted octanol–water partition coefficient (Wildman–Crippen LogP) is 4.45. The molecule has 2 aromatic heterocycles. The molecule has 0 fully saturated rings. The van der Waals surface area contributed by atoms with E-state index in [0.29, 0.717) is 18.2 Å². The van der Waals surface area contributed by atoms with Gasteiger partial charge >= 0.3 is 0 Å². The van der Waals surface area contributed by atoms with E-state index in [0.717, 1.165) is 26.5 Å². The Bertz CT molecular complexity index is 995. The summed E-state index contributed by atoms with van der Waals surface area (Å²) in [5.41, 5.74) is 2.49. The molecule has 8 heteroatoms. The van der Waals surface area contributed by atoms with Crippen LogP contribution in [0.3, 0.4) is 0 Å². The average molecular weight is 444 g/mol. The highest BCUT2D eigenvalue weighted by Crippen LogP contribution is 2.36. The van der Waals surface area contributed by atoms with Crippen LogP contribution in [0.1, 0.15) is 46.7 Å². The van der Waals surface area contributed by atoms with Crippen LogP contribution in [0.5, 0.6) is 0 Å². The number of hydrogen-bond acceptors (Lipinski definition) is 8. The van der Waals surface area contributed by atoms with Crippen molar-refractivity contribution in [3.05, 3.63) is 30.0 Å². The van der Waals surface area contributed by atoms with Crippen LogP contribution in [0.4, 0.5) is 11.8 Å². The minimum absolute atomic E-state index is 0.0170. The van der Waals surface area contributed by atoms with Gasteiger partial charge in [-0.15, -0.1) is 11.3 Å². The van der Waals surface area contributed by atoms with Gasteiger partial charge in [0.25, 0.3) is 0 Å². The monoisotopic (exact) mass is 443 g/mol. The van der Waals surface area contributed by atoms with Crippen molar-refractivity contribution in [2.24, 2.45) is 5.92 Å². The highest BCUT2D eigenvalue weighted by atomic mass is 32.1. The quantitative estimate of drug-likeness (QED) is 0.408. The Labute approximate surface area is 188 Å². The number of aliphatic hydroxyl groups excluding tert-OH is 2. The summed E-state index contributed by atoms with van der Waals surface area (Å²) in [6, 6.07) is 8.04. The minimum atomic E-state index is -0.580. The zero-order valence-electron chi connectivity index (χ0n) is 19.1. The van der Waals surface area contributed by atoms with Crippen LogP contribution in [0, 0.1) is 12.8 Å². The lowest BCUT2D eigenvalue weighted by molar-refractivity contribution is 0.0736. The lowest BCUT2D eigenvalue weighted by Crippen LogP contribution is -2.30. The molecule has 0 spiro atoms. The summed E-state index contributed by atoms with van der Waals surface area (Å²) in [5, 5.41) is 27.2. The molecule has 1 unspecified atom stereocenters. The van der Waals surface area contributed by atoms with Gasteiger partial charge in [-0.25, -0.2) is 9.97 Å². The molecule has 3 aromatic rings. The second kappa shape index (κ2) is 9.46. The molecule has 0 saturated carbocycles. The number of anilines is 2. The number of nitrogens with zero attached hydrogens (tertiary/aromatic N) is 3. The summed E-state index contributed by atoms with van der Waals surface area (Å²) in [7, 11) is 0. The first-order valence-corrected chi connectivity index (χ1v) is 11.5. The van der Waals surface area contributed by atoms with Gasteiger partial charge in [-0.1, -0.05) is 12.1 Å². The number of nitrogens with one attached hydrogen (secondary N) is 2. The van der Waals surface area contributed by atoms with Gasteiger partial charge in [0.15, 0.2) is 0 Å². The molecule has 0 radical (unpaired) electrons. The number of aryl methyl sites for hydroxylation is 1. The summed E-state index contributed by atoms with van der Waals surface area (Å²) in [4.78, 5) is 14.3. The summed E-state index contributed by atoms with van der Waals surface area (Å²) in [6.45, 7) is 11.8. The van der Waals surface area contributed by atoms with E-state index in [9.17, 15) is 10.2 Å². The SMILES string of the molecule is Cc1nc(NC(C)(C)C)nc(NC(C)C[C@H](CO)[C@H](C)O)c1-c1nc2ccccc2s1. The van der Waals surface area contributed by atoms with E-state index in [-0.39, 0.29) is 24.1 Å². The fraction of sp³-hybridized carbons (Fsp3) is 0.522. The van der Waals surface area contributed by atoms with E-state index in [1.54, 1.807) is 18.3 Å². The van der Waals surface area contributed by atoms with Crippen LogP contribution in [-0.4, -0.2) is 49.5 Å². The predicted molar refractivity (Wildman–Crippen MR) is 129 cm³/mol. The first kappa shape index (κ1) is 23.4. The molecule has 0 aliphatic rings. The molecule has 0 bridgehead atoms. The molecular weight excluding hydrogens is 410 g/mol. The van der Waals surface area contributed by atoms with Crippen molar-refractivity contribution in [1.29, 1.82) is 0 Å². The van der Waals surface area contributed by atoms with E-state index >= 15 is 0 Å². The second-order valence-electron chi connectivity index (χ2n) is 9.18. The third-order valence-electron chi connectivity index (χ3n) is 5.04. The van der Waals surface area contributed by atoms with Crippen LogP contribution in [0.25, 0.3) is 20.8 Å². The third kappa shape index (κ3) is 5.90. The number of aliphatic hydroxyl groups is 2. The van der Waals surface area contributed by atoms with Crippen LogP contribution in [0.15, 0.2) is 24.3 Å². The zero-order valence-corrected chi connectivity index (χ0v) is 19.9. The number of fused-ring (bicyclic) bond motifs is 1. The maximum absolute atomic E-state index is 9.92. The molecule has 0 amide bonds. The van der Waals surface area contributed by atoms with Crippen molar-refractivity contribution >= 4 is 33.3 Å². The Morgan fingerprint density at radius 2 is 1.81 bits per heavy atom. The molecule has 4 N–H and O–H groups in total. The Hall–Kier alpha value is -2.29. The second-order valence-corrected chi connectivity index (χ2v) is 10.2. The fourth-order valence-corrected chi connectivity index (χ4v) is 4.54. The van der Waals surface area contributed by atoms with E-state index in [2.05, 4.69) is 37.5 Å². The molecule has 0 aliphatic carbocycles. The highest BCUT2D eigenvalue weighted by Gasteiger charge is 2.23.